The minimum atomic E-state index is -0.945. The molecular weight excluding hydrogens is 449 g/mol. The van der Waals surface area contributed by atoms with Gasteiger partial charge in [-0.25, -0.2) is 4.39 Å². The maximum atomic E-state index is 13.6. The van der Waals surface area contributed by atoms with Crippen molar-refractivity contribution in [3.8, 4) is 11.5 Å². The molecule has 1 atom stereocenters. The van der Waals surface area contributed by atoms with Crippen LogP contribution in [0.2, 0.25) is 0 Å². The second-order valence-electron chi connectivity index (χ2n) is 8.77. The summed E-state index contributed by atoms with van der Waals surface area (Å²) < 4.78 is 26.8. The summed E-state index contributed by atoms with van der Waals surface area (Å²) in [4.78, 5) is 25.0. The highest BCUT2D eigenvalue weighted by molar-refractivity contribution is 6.05. The summed E-state index contributed by atoms with van der Waals surface area (Å²) in [6.07, 6.45) is -0.156. The topological polar surface area (TPSA) is 77.8 Å². The van der Waals surface area contributed by atoms with Gasteiger partial charge < -0.3 is 14.6 Å². The van der Waals surface area contributed by atoms with Gasteiger partial charge in [0.1, 0.15) is 17.3 Å². The molecule has 0 amide bonds. The maximum absolute atomic E-state index is 13.6. The summed E-state index contributed by atoms with van der Waals surface area (Å²) in [5.74, 6) is -0.286. The monoisotopic (exact) mass is 473 g/mol. The number of aliphatic carboxylic acids is 1. The lowest BCUT2D eigenvalue weighted by Crippen LogP contribution is -2.16. The van der Waals surface area contributed by atoms with Crippen LogP contribution < -0.4 is 9.47 Å². The van der Waals surface area contributed by atoms with Gasteiger partial charge in [0.2, 0.25) is 0 Å². The molecule has 7 heteroatoms. The Bertz CT molecular complexity index is 1470. The molecule has 2 heterocycles. The smallest absolute Gasteiger partial charge is 0.307 e. The van der Waals surface area contributed by atoms with E-state index in [1.54, 1.807) is 35.8 Å². The number of para-hydroxylation sites is 1. The van der Waals surface area contributed by atoms with Crippen LogP contribution in [0.4, 0.5) is 4.39 Å². The summed E-state index contributed by atoms with van der Waals surface area (Å²) >= 11 is 0. The molecule has 3 aromatic carbocycles. The van der Waals surface area contributed by atoms with E-state index in [-0.39, 0.29) is 24.1 Å². The lowest BCUT2D eigenvalue weighted by Gasteiger charge is -2.14. The fourth-order valence-electron chi connectivity index (χ4n) is 4.74. The molecule has 0 spiro atoms. The molecule has 178 valence electrons. The lowest BCUT2D eigenvalue weighted by atomic mass is 10.0. The number of fused-ring (bicyclic) bond motifs is 2. The Morgan fingerprint density at radius 2 is 1.91 bits per heavy atom. The van der Waals surface area contributed by atoms with E-state index in [1.807, 2.05) is 31.2 Å². The molecule has 1 aliphatic rings. The average Bonchev–Trinajstić information content (AvgIpc) is 3.35. The number of carboxylic acid groups (broad SMARTS) is 1. The van der Waals surface area contributed by atoms with Crippen molar-refractivity contribution in [1.29, 1.82) is 0 Å². The van der Waals surface area contributed by atoms with Crippen molar-refractivity contribution in [3.63, 3.8) is 0 Å². The molecule has 0 saturated heterocycles. The quantitative estimate of drug-likeness (QED) is 0.413. The van der Waals surface area contributed by atoms with Crippen LogP contribution in [0.25, 0.3) is 10.9 Å². The van der Waals surface area contributed by atoms with Gasteiger partial charge in [-0.3, -0.25) is 14.2 Å². The van der Waals surface area contributed by atoms with Crippen LogP contribution in [0.5, 0.6) is 11.5 Å². The summed E-state index contributed by atoms with van der Waals surface area (Å²) in [7, 11) is 0. The average molecular weight is 474 g/mol. The van der Waals surface area contributed by atoms with Crippen molar-refractivity contribution in [1.82, 2.24) is 4.57 Å². The highest BCUT2D eigenvalue weighted by Gasteiger charge is 2.26. The zero-order chi connectivity index (χ0) is 24.7. The normalized spacial score (nSPS) is 14.5. The van der Waals surface area contributed by atoms with E-state index in [1.165, 1.54) is 12.1 Å². The van der Waals surface area contributed by atoms with Gasteiger partial charge >= 0.3 is 5.97 Å². The lowest BCUT2D eigenvalue weighted by molar-refractivity contribution is -0.136. The number of nitrogens with zero attached hydrogens (tertiary/aromatic N) is 1. The molecule has 0 unspecified atom stereocenters. The van der Waals surface area contributed by atoms with Crippen LogP contribution >= 0.6 is 0 Å². The van der Waals surface area contributed by atoms with Crippen molar-refractivity contribution in [3.05, 3.63) is 94.4 Å². The molecule has 1 N–H and O–H groups in total. The van der Waals surface area contributed by atoms with Gasteiger partial charge in [0.05, 0.1) is 31.1 Å². The third-order valence-corrected chi connectivity index (χ3v) is 6.50. The molecule has 0 fully saturated rings. The molecule has 0 radical (unpaired) electrons. The Morgan fingerprint density at radius 1 is 1.11 bits per heavy atom. The number of hydrogen-bond acceptors (Lipinski definition) is 4. The molecule has 1 aliphatic heterocycles. The summed E-state index contributed by atoms with van der Waals surface area (Å²) in [6, 6.07) is 17.1. The Kier molecular flexibility index (Phi) is 5.76. The van der Waals surface area contributed by atoms with Crippen LogP contribution in [0, 0.1) is 19.7 Å². The van der Waals surface area contributed by atoms with Crippen LogP contribution in [-0.4, -0.2) is 34.8 Å². The van der Waals surface area contributed by atoms with Crippen molar-refractivity contribution in [2.75, 3.05) is 13.2 Å². The second kappa shape index (κ2) is 8.91. The number of aromatic nitrogens is 1. The number of carbonyl (C=O) groups excluding carboxylic acids is 1. The third-order valence-electron chi connectivity index (χ3n) is 6.50. The predicted molar refractivity (Wildman–Crippen MR) is 129 cm³/mol. The van der Waals surface area contributed by atoms with Gasteiger partial charge in [-0.2, -0.15) is 0 Å². The molecule has 35 heavy (non-hydrogen) atoms. The molecule has 0 saturated carbocycles. The van der Waals surface area contributed by atoms with Crippen LogP contribution in [0.1, 0.15) is 38.7 Å². The number of ether oxygens (including phenoxy) is 2. The number of halogens is 1. The maximum Gasteiger partial charge on any atom is 0.307 e. The highest BCUT2D eigenvalue weighted by atomic mass is 19.1. The van der Waals surface area contributed by atoms with Crippen LogP contribution in [0.3, 0.4) is 0 Å². The number of hydrogen-bond donors (Lipinski definition) is 1. The Labute approximate surface area is 201 Å². The number of benzene rings is 3. The van der Waals surface area contributed by atoms with E-state index in [0.717, 1.165) is 16.5 Å². The van der Waals surface area contributed by atoms with Gasteiger partial charge in [-0.1, -0.05) is 18.2 Å². The fourth-order valence-corrected chi connectivity index (χ4v) is 4.74. The van der Waals surface area contributed by atoms with Crippen molar-refractivity contribution < 1.29 is 28.6 Å². The Morgan fingerprint density at radius 3 is 2.69 bits per heavy atom. The van der Waals surface area contributed by atoms with Crippen LogP contribution in [-0.2, 0) is 11.2 Å². The van der Waals surface area contributed by atoms with Crippen molar-refractivity contribution in [2.24, 2.45) is 0 Å². The minimum Gasteiger partial charge on any atom is -0.493 e. The van der Waals surface area contributed by atoms with E-state index >= 15 is 0 Å². The molecule has 0 aliphatic carbocycles. The standard InChI is InChI=1S/C28H24FNO5/c1-16-11-20(34-14-18-15-35-26-10-7-19(29)12-24(18)26)8-9-21(16)28(33)30-17(2)23(13-27(31)32)22-5-3-4-6-25(22)30/h3-12,18H,13-15H2,1-2H3,(H,31,32)/t18-/m1/s1. The van der Waals surface area contributed by atoms with Gasteiger partial charge in [0, 0.05) is 22.2 Å². The molecule has 5 rings (SSSR count). The largest absolute Gasteiger partial charge is 0.493 e. The molecule has 1 aromatic heterocycles. The van der Waals surface area contributed by atoms with E-state index in [9.17, 15) is 19.1 Å². The van der Waals surface area contributed by atoms with Gasteiger partial charge in [0.15, 0.2) is 0 Å². The van der Waals surface area contributed by atoms with Gasteiger partial charge in [0.25, 0.3) is 5.91 Å². The molecule has 6 nitrogen and oxygen atoms in total. The molecular formula is C28H24FNO5. The zero-order valence-electron chi connectivity index (χ0n) is 19.4. The predicted octanol–water partition coefficient (Wildman–Crippen LogP) is 5.27. The molecule has 0 bridgehead atoms. The zero-order valence-corrected chi connectivity index (χ0v) is 19.4. The number of rotatable bonds is 6. The number of carbonyl (C=O) groups is 2. The summed E-state index contributed by atoms with van der Waals surface area (Å²) in [5.41, 5.74) is 3.96. The first kappa shape index (κ1) is 22.7. The van der Waals surface area contributed by atoms with E-state index in [0.29, 0.717) is 47.1 Å². The first-order chi connectivity index (χ1) is 16.8. The van der Waals surface area contributed by atoms with Crippen molar-refractivity contribution >= 4 is 22.8 Å². The highest BCUT2D eigenvalue weighted by Crippen LogP contribution is 2.35. The van der Waals surface area contributed by atoms with E-state index in [2.05, 4.69) is 0 Å². The van der Waals surface area contributed by atoms with Gasteiger partial charge in [-0.05, 0) is 67.4 Å². The van der Waals surface area contributed by atoms with Gasteiger partial charge in [-0.15, -0.1) is 0 Å². The Hall–Kier alpha value is -4.13. The van der Waals surface area contributed by atoms with Crippen molar-refractivity contribution in [2.45, 2.75) is 26.2 Å². The first-order valence-electron chi connectivity index (χ1n) is 11.3. The molecule has 4 aromatic rings. The Balaban J connectivity index is 1.39. The summed E-state index contributed by atoms with van der Waals surface area (Å²) in [6.45, 7) is 4.35. The minimum absolute atomic E-state index is 0.0798. The number of carboxylic acids is 1. The second-order valence-corrected chi connectivity index (χ2v) is 8.77. The summed E-state index contributed by atoms with van der Waals surface area (Å²) in [5, 5.41) is 10.1. The number of aryl methyl sites for hydroxylation is 1. The van der Waals surface area contributed by atoms with Crippen LogP contribution in [0.15, 0.2) is 60.7 Å². The third kappa shape index (κ3) is 4.14. The van der Waals surface area contributed by atoms with E-state index in [4.69, 9.17) is 9.47 Å². The SMILES string of the molecule is Cc1cc(OC[C@@H]2COc3ccc(F)cc32)ccc1C(=O)n1c(C)c(CC(=O)O)c2ccccc21. The fraction of sp³-hybridized carbons (Fsp3) is 0.214. The van der Waals surface area contributed by atoms with E-state index < -0.39 is 5.97 Å². The first-order valence-corrected chi connectivity index (χ1v) is 11.3.